The number of unbranched alkanes of at least 4 members (excludes halogenated alkanes) is 2. The minimum Gasteiger partial charge on any atom is -0.355 e. The molecule has 1 atom stereocenters. The Balaban J connectivity index is 1.48. The number of anilines is 2. The Morgan fingerprint density at radius 2 is 2.10 bits per heavy atom. The Bertz CT molecular complexity index is 976. The maximum Gasteiger partial charge on any atom is 0.231 e. The van der Waals surface area contributed by atoms with Crippen LogP contribution in [0.2, 0.25) is 0 Å². The molecule has 4 rings (SSSR count). The lowest BCUT2D eigenvalue weighted by atomic mass is 9.97. The molecule has 2 aromatic heterocycles. The van der Waals surface area contributed by atoms with Gasteiger partial charge < -0.3 is 9.47 Å². The van der Waals surface area contributed by atoms with Gasteiger partial charge in [0.25, 0.3) is 0 Å². The van der Waals surface area contributed by atoms with E-state index in [9.17, 15) is 4.79 Å². The van der Waals surface area contributed by atoms with Crippen LogP contribution in [0.25, 0.3) is 11.0 Å². The number of carbonyl (C=O) groups is 1. The summed E-state index contributed by atoms with van der Waals surface area (Å²) in [6, 6.07) is 8.07. The van der Waals surface area contributed by atoms with E-state index >= 15 is 0 Å². The van der Waals surface area contributed by atoms with E-state index in [1.165, 1.54) is 0 Å². The van der Waals surface area contributed by atoms with Gasteiger partial charge in [-0.25, -0.2) is 9.97 Å². The average Bonchev–Trinajstić information content (AvgIpc) is 3.14. The van der Waals surface area contributed by atoms with Crippen molar-refractivity contribution in [3.8, 4) is 0 Å². The first-order valence-corrected chi connectivity index (χ1v) is 11.7. The van der Waals surface area contributed by atoms with E-state index in [0.29, 0.717) is 12.5 Å². The highest BCUT2D eigenvalue weighted by molar-refractivity contribution is 9.09. The third kappa shape index (κ3) is 4.80. The van der Waals surface area contributed by atoms with Gasteiger partial charge in [-0.3, -0.25) is 15.1 Å². The molecule has 3 aromatic rings. The number of benzene rings is 1. The summed E-state index contributed by atoms with van der Waals surface area (Å²) in [5.74, 6) is 1.41. The van der Waals surface area contributed by atoms with E-state index < -0.39 is 0 Å². The molecule has 8 heteroatoms. The van der Waals surface area contributed by atoms with Crippen LogP contribution in [0.1, 0.15) is 32.1 Å². The van der Waals surface area contributed by atoms with Crippen molar-refractivity contribution >= 4 is 44.6 Å². The van der Waals surface area contributed by atoms with Gasteiger partial charge >= 0.3 is 0 Å². The van der Waals surface area contributed by atoms with Gasteiger partial charge in [-0.1, -0.05) is 34.5 Å². The monoisotopic (exact) mass is 470 g/mol. The minimum absolute atomic E-state index is 0.0283. The highest BCUT2D eigenvalue weighted by Crippen LogP contribution is 2.24. The Morgan fingerprint density at radius 3 is 2.93 bits per heavy atom. The molecule has 1 aliphatic heterocycles. The van der Waals surface area contributed by atoms with Crippen LogP contribution in [0.15, 0.2) is 42.9 Å². The van der Waals surface area contributed by atoms with Crippen molar-refractivity contribution < 1.29 is 4.79 Å². The molecule has 1 amide bonds. The van der Waals surface area contributed by atoms with Crippen molar-refractivity contribution in [1.82, 2.24) is 19.5 Å². The van der Waals surface area contributed by atoms with Gasteiger partial charge in [0.05, 0.1) is 23.1 Å². The molecule has 0 bridgehead atoms. The zero-order valence-electron chi connectivity index (χ0n) is 17.0. The van der Waals surface area contributed by atoms with E-state index in [0.717, 1.165) is 67.4 Å². The smallest absolute Gasteiger partial charge is 0.231 e. The van der Waals surface area contributed by atoms with E-state index in [1.54, 1.807) is 18.6 Å². The number of aryl methyl sites for hydroxylation is 1. The van der Waals surface area contributed by atoms with Crippen LogP contribution in [0.5, 0.6) is 0 Å². The van der Waals surface area contributed by atoms with Crippen molar-refractivity contribution in [2.45, 2.75) is 38.6 Å². The molecule has 7 nitrogen and oxygen atoms in total. The summed E-state index contributed by atoms with van der Waals surface area (Å²) in [5.41, 5.74) is 1.98. The van der Waals surface area contributed by atoms with Gasteiger partial charge in [0, 0.05) is 37.4 Å². The van der Waals surface area contributed by atoms with Crippen LogP contribution in [-0.4, -0.2) is 43.8 Å². The Labute approximate surface area is 185 Å². The largest absolute Gasteiger partial charge is 0.355 e. The first-order chi connectivity index (χ1) is 14.8. The number of halogens is 1. The fourth-order valence-corrected chi connectivity index (χ4v) is 4.40. The summed E-state index contributed by atoms with van der Waals surface area (Å²) in [7, 11) is 0. The second-order valence-electron chi connectivity index (χ2n) is 7.66. The van der Waals surface area contributed by atoms with Gasteiger partial charge in [-0.2, -0.15) is 0 Å². The average molecular weight is 471 g/mol. The topological polar surface area (TPSA) is 75.9 Å². The highest BCUT2D eigenvalue weighted by atomic mass is 79.9. The zero-order chi connectivity index (χ0) is 20.8. The fraction of sp³-hybridized carbons (Fsp3) is 0.455. The predicted molar refractivity (Wildman–Crippen MR) is 123 cm³/mol. The molecule has 1 saturated heterocycles. The van der Waals surface area contributed by atoms with Crippen molar-refractivity contribution in [2.24, 2.45) is 5.92 Å². The molecule has 1 N–H and O–H groups in total. The number of piperidine rings is 1. The third-order valence-electron chi connectivity index (χ3n) is 5.57. The molecule has 0 radical (unpaired) electrons. The molecule has 1 fully saturated rings. The summed E-state index contributed by atoms with van der Waals surface area (Å²) in [6.07, 6.45) is 10.3. The number of alkyl halides is 1. The molecule has 1 aliphatic rings. The molecule has 0 unspecified atom stereocenters. The highest BCUT2D eigenvalue weighted by Gasteiger charge is 2.27. The second-order valence-corrected chi connectivity index (χ2v) is 8.46. The minimum atomic E-state index is -0.0950. The normalized spacial score (nSPS) is 16.7. The number of nitrogens with zero attached hydrogens (tertiary/aromatic N) is 5. The lowest BCUT2D eigenvalue weighted by molar-refractivity contribution is -0.120. The van der Waals surface area contributed by atoms with E-state index in [-0.39, 0.29) is 11.8 Å². The molecule has 1 aromatic carbocycles. The summed E-state index contributed by atoms with van der Waals surface area (Å²) in [4.78, 5) is 28.5. The van der Waals surface area contributed by atoms with Gasteiger partial charge in [0.1, 0.15) is 5.82 Å². The number of nitrogens with one attached hydrogen (secondary N) is 1. The predicted octanol–water partition coefficient (Wildman–Crippen LogP) is 4.25. The standard InChI is InChI=1S/C22H27BrN6O/c23-10-4-1-5-14-29-19-9-3-2-8-18(19)26-22(29)27-21(30)17-7-6-13-28(16-17)20-15-24-11-12-25-20/h2-3,8-9,11-12,15,17H,1,4-7,10,13-14,16H2,(H,26,27,30)/t17-/m0/s1. The molecule has 0 aliphatic carbocycles. The first-order valence-electron chi connectivity index (χ1n) is 10.6. The van der Waals surface area contributed by atoms with Crippen LogP contribution < -0.4 is 10.2 Å². The van der Waals surface area contributed by atoms with Crippen LogP contribution in [0, 0.1) is 5.92 Å². The summed E-state index contributed by atoms with van der Waals surface area (Å²) in [5, 5.41) is 4.14. The Hall–Kier alpha value is -2.48. The number of imidazole rings is 1. The van der Waals surface area contributed by atoms with Crippen LogP contribution >= 0.6 is 15.9 Å². The number of fused-ring (bicyclic) bond motifs is 1. The molecule has 0 spiro atoms. The SMILES string of the molecule is O=C(Nc1nc2ccccc2n1CCCCCBr)[C@H]1CCCN(c2cnccn2)C1. The molecule has 158 valence electrons. The molecular formula is C22H27BrN6O. The fourth-order valence-electron chi connectivity index (χ4n) is 4.00. The van der Waals surface area contributed by atoms with E-state index in [4.69, 9.17) is 4.98 Å². The Kier molecular flexibility index (Phi) is 6.94. The number of carbonyl (C=O) groups excluding carboxylic acids is 1. The molecule has 30 heavy (non-hydrogen) atoms. The van der Waals surface area contributed by atoms with Crippen LogP contribution in [-0.2, 0) is 11.3 Å². The van der Waals surface area contributed by atoms with Crippen molar-refractivity contribution in [3.05, 3.63) is 42.9 Å². The summed E-state index contributed by atoms with van der Waals surface area (Å²) >= 11 is 3.49. The van der Waals surface area contributed by atoms with Crippen molar-refractivity contribution in [1.29, 1.82) is 0 Å². The number of hydrogen-bond donors (Lipinski definition) is 1. The van der Waals surface area contributed by atoms with E-state index in [2.05, 4.69) is 46.7 Å². The maximum absolute atomic E-state index is 13.1. The van der Waals surface area contributed by atoms with Crippen molar-refractivity contribution in [2.75, 3.05) is 28.6 Å². The maximum atomic E-state index is 13.1. The van der Waals surface area contributed by atoms with Crippen LogP contribution in [0.4, 0.5) is 11.8 Å². The molecule has 0 saturated carbocycles. The lowest BCUT2D eigenvalue weighted by Gasteiger charge is -2.32. The molecular weight excluding hydrogens is 444 g/mol. The summed E-state index contributed by atoms with van der Waals surface area (Å²) in [6.45, 7) is 2.39. The number of aromatic nitrogens is 4. The van der Waals surface area contributed by atoms with Crippen LogP contribution in [0.3, 0.4) is 0 Å². The number of para-hydroxylation sites is 2. The van der Waals surface area contributed by atoms with Gasteiger partial charge in [0.15, 0.2) is 0 Å². The Morgan fingerprint density at radius 1 is 1.20 bits per heavy atom. The number of amides is 1. The van der Waals surface area contributed by atoms with Gasteiger partial charge in [-0.05, 0) is 37.8 Å². The lowest BCUT2D eigenvalue weighted by Crippen LogP contribution is -2.41. The third-order valence-corrected chi connectivity index (χ3v) is 6.13. The first kappa shape index (κ1) is 20.8. The quantitative estimate of drug-likeness (QED) is 0.393. The van der Waals surface area contributed by atoms with Crippen molar-refractivity contribution in [3.63, 3.8) is 0 Å². The van der Waals surface area contributed by atoms with Gasteiger partial charge in [0.2, 0.25) is 11.9 Å². The van der Waals surface area contributed by atoms with Gasteiger partial charge in [-0.15, -0.1) is 0 Å². The number of rotatable bonds is 8. The van der Waals surface area contributed by atoms with E-state index in [1.807, 2.05) is 18.2 Å². The summed E-state index contributed by atoms with van der Waals surface area (Å²) < 4.78 is 2.14. The zero-order valence-corrected chi connectivity index (χ0v) is 18.6. The number of hydrogen-bond acceptors (Lipinski definition) is 5. The second kappa shape index (κ2) is 10.0. The molecule has 3 heterocycles.